The summed E-state index contributed by atoms with van der Waals surface area (Å²) in [6, 6.07) is 4.91. The molecular weight excluding hydrogens is 323 g/mol. The first-order chi connectivity index (χ1) is 7.54. The molecule has 0 radical (unpaired) electrons. The lowest BCUT2D eigenvalue weighted by Crippen LogP contribution is -2.28. The molecule has 0 heterocycles. The number of nitrogens with two attached hydrogens (primary N) is 1. The van der Waals surface area contributed by atoms with E-state index >= 15 is 0 Å². The summed E-state index contributed by atoms with van der Waals surface area (Å²) < 4.78 is 5.74. The van der Waals surface area contributed by atoms with E-state index in [1.54, 1.807) is 19.2 Å². The van der Waals surface area contributed by atoms with Gasteiger partial charge in [-0.2, -0.15) is 0 Å². The molecule has 1 aromatic carbocycles. The van der Waals surface area contributed by atoms with Gasteiger partial charge in [-0.05, 0) is 35.1 Å². The number of hydrogen-bond donors (Lipinski definition) is 1. The van der Waals surface area contributed by atoms with E-state index in [4.69, 9.17) is 10.5 Å². The number of benzene rings is 1. The van der Waals surface area contributed by atoms with Crippen LogP contribution in [0, 0.1) is 13.7 Å². The molecule has 16 heavy (non-hydrogen) atoms. The monoisotopic (exact) mass is 336 g/mol. The summed E-state index contributed by atoms with van der Waals surface area (Å²) in [6.45, 7) is 0.392. The van der Waals surface area contributed by atoms with E-state index in [0.717, 1.165) is 3.57 Å². The van der Waals surface area contributed by atoms with Gasteiger partial charge in [-0.25, -0.2) is 0 Å². The molecule has 0 aliphatic heterocycles. The van der Waals surface area contributed by atoms with E-state index in [1.165, 1.54) is 0 Å². The molecule has 1 unspecified atom stereocenters. The fourth-order valence-electron chi connectivity index (χ4n) is 1.44. The summed E-state index contributed by atoms with van der Waals surface area (Å²) in [6.07, 6.45) is 0.446. The second-order valence-corrected chi connectivity index (χ2v) is 4.70. The molecule has 6 heteroatoms. The molecule has 0 aromatic heterocycles. The maximum atomic E-state index is 10.8. The van der Waals surface area contributed by atoms with Crippen molar-refractivity contribution in [3.63, 3.8) is 0 Å². The number of nitrogens with zero attached hydrogens (tertiary/aromatic N) is 1. The highest BCUT2D eigenvalue weighted by atomic mass is 127. The normalized spacial score (nSPS) is 12.4. The zero-order valence-electron chi connectivity index (χ0n) is 8.85. The number of halogens is 1. The first kappa shape index (κ1) is 13.3. The number of rotatable bonds is 5. The highest BCUT2D eigenvalue weighted by molar-refractivity contribution is 14.1. The Bertz CT molecular complexity index is 384. The van der Waals surface area contributed by atoms with Crippen LogP contribution in [0.2, 0.25) is 0 Å². The fraction of sp³-hybridized carbons (Fsp3) is 0.400. The summed E-state index contributed by atoms with van der Waals surface area (Å²) in [5.74, 6) is 0. The molecule has 0 saturated heterocycles. The van der Waals surface area contributed by atoms with E-state index in [0.29, 0.717) is 18.6 Å². The van der Waals surface area contributed by atoms with Crippen LogP contribution in [0.15, 0.2) is 18.2 Å². The van der Waals surface area contributed by atoms with Gasteiger partial charge >= 0.3 is 0 Å². The lowest BCUT2D eigenvalue weighted by Gasteiger charge is -2.10. The highest BCUT2D eigenvalue weighted by Gasteiger charge is 2.16. The van der Waals surface area contributed by atoms with Crippen molar-refractivity contribution in [2.45, 2.75) is 12.5 Å². The Hall–Kier alpha value is -0.730. The van der Waals surface area contributed by atoms with Crippen LogP contribution >= 0.6 is 22.6 Å². The van der Waals surface area contributed by atoms with E-state index < -0.39 is 0 Å². The Morgan fingerprint density at radius 1 is 1.62 bits per heavy atom. The van der Waals surface area contributed by atoms with E-state index in [2.05, 4.69) is 0 Å². The van der Waals surface area contributed by atoms with E-state index in [1.807, 2.05) is 28.7 Å². The van der Waals surface area contributed by atoms with Gasteiger partial charge in [0, 0.05) is 28.4 Å². The third-order valence-corrected chi connectivity index (χ3v) is 2.78. The van der Waals surface area contributed by atoms with Crippen LogP contribution in [0.25, 0.3) is 0 Å². The van der Waals surface area contributed by atoms with Gasteiger partial charge in [0.1, 0.15) is 0 Å². The van der Waals surface area contributed by atoms with Gasteiger partial charge in [0.2, 0.25) is 0 Å². The Morgan fingerprint density at radius 3 is 2.88 bits per heavy atom. The molecule has 0 aliphatic carbocycles. The van der Waals surface area contributed by atoms with Gasteiger partial charge in [-0.3, -0.25) is 10.1 Å². The average Bonchev–Trinajstić information content (AvgIpc) is 2.20. The molecular formula is C10H13IN2O3. The lowest BCUT2D eigenvalue weighted by atomic mass is 10.1. The van der Waals surface area contributed by atoms with Gasteiger partial charge < -0.3 is 10.5 Å². The zero-order chi connectivity index (χ0) is 12.1. The van der Waals surface area contributed by atoms with Crippen LogP contribution < -0.4 is 5.73 Å². The maximum absolute atomic E-state index is 10.8. The SMILES string of the molecule is COCC(N)Cc1ccc(I)cc1[N+](=O)[O-]. The quantitative estimate of drug-likeness (QED) is 0.504. The van der Waals surface area contributed by atoms with Crippen LogP contribution in [0.1, 0.15) is 5.56 Å². The van der Waals surface area contributed by atoms with E-state index in [-0.39, 0.29) is 16.7 Å². The second-order valence-electron chi connectivity index (χ2n) is 3.45. The van der Waals surface area contributed by atoms with Crippen LogP contribution in [-0.2, 0) is 11.2 Å². The molecule has 0 fully saturated rings. The first-order valence-electron chi connectivity index (χ1n) is 4.72. The van der Waals surface area contributed by atoms with Crippen molar-refractivity contribution >= 4 is 28.3 Å². The third kappa shape index (κ3) is 3.69. The number of ether oxygens (including phenoxy) is 1. The summed E-state index contributed by atoms with van der Waals surface area (Å²) in [5, 5.41) is 10.8. The number of hydrogen-bond acceptors (Lipinski definition) is 4. The summed E-state index contributed by atoms with van der Waals surface area (Å²) >= 11 is 2.05. The predicted molar refractivity (Wildman–Crippen MR) is 69.4 cm³/mol. The van der Waals surface area contributed by atoms with Crippen molar-refractivity contribution < 1.29 is 9.66 Å². The third-order valence-electron chi connectivity index (χ3n) is 2.11. The molecule has 0 aliphatic rings. The first-order valence-corrected chi connectivity index (χ1v) is 5.79. The Morgan fingerprint density at radius 2 is 2.31 bits per heavy atom. The average molecular weight is 336 g/mol. The number of methoxy groups -OCH3 is 1. The molecule has 88 valence electrons. The molecule has 1 atom stereocenters. The molecule has 5 nitrogen and oxygen atoms in total. The van der Waals surface area contributed by atoms with Crippen LogP contribution in [0.4, 0.5) is 5.69 Å². The van der Waals surface area contributed by atoms with Crippen molar-refractivity contribution in [1.29, 1.82) is 0 Å². The molecule has 0 spiro atoms. The van der Waals surface area contributed by atoms with Crippen molar-refractivity contribution in [1.82, 2.24) is 0 Å². The van der Waals surface area contributed by atoms with Gasteiger partial charge in [0.15, 0.2) is 0 Å². The zero-order valence-corrected chi connectivity index (χ0v) is 11.0. The minimum atomic E-state index is -0.378. The second kappa shape index (κ2) is 6.12. The van der Waals surface area contributed by atoms with Gasteiger partial charge in [-0.15, -0.1) is 0 Å². The molecule has 2 N–H and O–H groups in total. The van der Waals surface area contributed by atoms with Gasteiger partial charge in [-0.1, -0.05) is 6.07 Å². The highest BCUT2D eigenvalue weighted by Crippen LogP contribution is 2.22. The van der Waals surface area contributed by atoms with Crippen molar-refractivity contribution in [3.05, 3.63) is 37.4 Å². The van der Waals surface area contributed by atoms with Crippen LogP contribution in [0.5, 0.6) is 0 Å². The van der Waals surface area contributed by atoms with Crippen molar-refractivity contribution in [2.24, 2.45) is 5.73 Å². The lowest BCUT2D eigenvalue weighted by molar-refractivity contribution is -0.385. The van der Waals surface area contributed by atoms with Gasteiger partial charge in [0.25, 0.3) is 5.69 Å². The van der Waals surface area contributed by atoms with Gasteiger partial charge in [0.05, 0.1) is 11.5 Å². The molecule has 0 amide bonds. The molecule has 1 aromatic rings. The van der Waals surface area contributed by atoms with Crippen LogP contribution in [-0.4, -0.2) is 24.7 Å². The molecule has 0 bridgehead atoms. The standard InChI is InChI=1S/C10H13IN2O3/c1-16-6-9(12)4-7-2-3-8(11)5-10(7)13(14)15/h2-3,5,9H,4,6,12H2,1H3. The summed E-state index contributed by atoms with van der Waals surface area (Å²) in [5.41, 5.74) is 6.55. The van der Waals surface area contributed by atoms with E-state index in [9.17, 15) is 10.1 Å². The van der Waals surface area contributed by atoms with Crippen LogP contribution in [0.3, 0.4) is 0 Å². The predicted octanol–water partition coefficient (Wildman–Crippen LogP) is 1.72. The van der Waals surface area contributed by atoms with Crippen molar-refractivity contribution in [2.75, 3.05) is 13.7 Å². The molecule has 0 saturated carbocycles. The Labute approximate surface area is 107 Å². The Balaban J connectivity index is 2.90. The summed E-state index contributed by atoms with van der Waals surface area (Å²) in [7, 11) is 1.56. The smallest absolute Gasteiger partial charge is 0.273 e. The summed E-state index contributed by atoms with van der Waals surface area (Å²) in [4.78, 5) is 10.5. The fourth-order valence-corrected chi connectivity index (χ4v) is 1.91. The maximum Gasteiger partial charge on any atom is 0.273 e. The van der Waals surface area contributed by atoms with Crippen molar-refractivity contribution in [3.8, 4) is 0 Å². The number of nitro benzene ring substituents is 1. The minimum Gasteiger partial charge on any atom is -0.383 e. The Kier molecular flexibility index (Phi) is 5.10. The topological polar surface area (TPSA) is 78.4 Å². The minimum absolute atomic E-state index is 0.124. The largest absolute Gasteiger partial charge is 0.383 e. The number of nitro groups is 1. The molecule has 1 rings (SSSR count).